The van der Waals surface area contributed by atoms with Crippen LogP contribution in [0.2, 0.25) is 0 Å². The average Bonchev–Trinajstić information content (AvgIpc) is 2.57. The number of nitrogens with two attached hydrogens (primary N) is 1. The molecule has 0 spiro atoms. The van der Waals surface area contributed by atoms with Crippen LogP contribution in [0.3, 0.4) is 0 Å². The Hall–Kier alpha value is -0.545. The van der Waals surface area contributed by atoms with Gasteiger partial charge in [-0.3, -0.25) is 0 Å². The van der Waals surface area contributed by atoms with Gasteiger partial charge in [-0.15, -0.1) is 12.4 Å². The number of hydrogen-bond donors (Lipinski definition) is 1. The van der Waals surface area contributed by atoms with Gasteiger partial charge in [0.1, 0.15) is 0 Å². The van der Waals surface area contributed by atoms with Crippen molar-refractivity contribution in [2.45, 2.75) is 57.7 Å². The third-order valence-corrected chi connectivity index (χ3v) is 4.23. The Morgan fingerprint density at radius 2 is 1.55 bits per heavy atom. The number of hydrogen-bond acceptors (Lipinski definition) is 3. The molecule has 0 radical (unpaired) electrons. The van der Waals surface area contributed by atoms with Crippen molar-refractivity contribution < 1.29 is 9.31 Å². The van der Waals surface area contributed by atoms with E-state index in [0.29, 0.717) is 0 Å². The van der Waals surface area contributed by atoms with Crippen LogP contribution in [-0.2, 0) is 15.7 Å². The molecule has 0 saturated carbocycles. The fraction of sp³-hybridized carbons (Fsp3) is 0.600. The van der Waals surface area contributed by atoms with Crippen LogP contribution in [0.25, 0.3) is 0 Å². The summed E-state index contributed by atoms with van der Waals surface area (Å²) in [6.07, 6.45) is 1.81. The Morgan fingerprint density at radius 1 is 1.05 bits per heavy atom. The Balaban J connectivity index is 0.00000200. The quantitative estimate of drug-likeness (QED) is 0.869. The summed E-state index contributed by atoms with van der Waals surface area (Å²) in [5.41, 5.74) is 6.91. The van der Waals surface area contributed by atoms with Crippen LogP contribution in [0.5, 0.6) is 0 Å². The Labute approximate surface area is 128 Å². The highest BCUT2D eigenvalue weighted by molar-refractivity contribution is 6.47. The maximum atomic E-state index is 6.22. The molecule has 0 aromatic heterocycles. The summed E-state index contributed by atoms with van der Waals surface area (Å²) in [6.45, 7) is 8.21. The van der Waals surface area contributed by atoms with Crippen molar-refractivity contribution >= 4 is 19.5 Å². The van der Waals surface area contributed by atoms with E-state index >= 15 is 0 Å². The van der Waals surface area contributed by atoms with E-state index < -0.39 is 0 Å². The van der Waals surface area contributed by atoms with Crippen LogP contribution in [0.15, 0.2) is 30.3 Å². The molecule has 1 aromatic carbocycles. The molecule has 3 nitrogen and oxygen atoms in total. The van der Waals surface area contributed by atoms with Crippen molar-refractivity contribution in [3.05, 3.63) is 35.9 Å². The summed E-state index contributed by atoms with van der Waals surface area (Å²) in [7, 11) is -0.311. The molecule has 0 aliphatic carbocycles. The van der Waals surface area contributed by atoms with Gasteiger partial charge in [-0.05, 0) is 46.1 Å². The number of rotatable bonds is 4. The standard InChI is InChI=1S/C15H24BNO2.ClH/c1-14(2)15(3,4)19-16(18-14)13(17)11-10-12-8-6-5-7-9-12;/h5-9,13H,10-11,17H2,1-4H3;1H/t13-;/m0./s1. The predicted octanol–water partition coefficient (Wildman–Crippen LogP) is 3.00. The molecule has 0 bridgehead atoms. The summed E-state index contributed by atoms with van der Waals surface area (Å²) >= 11 is 0. The fourth-order valence-electron chi connectivity index (χ4n) is 2.18. The minimum Gasteiger partial charge on any atom is -0.402 e. The zero-order valence-electron chi connectivity index (χ0n) is 12.8. The maximum Gasteiger partial charge on any atom is 0.475 e. The van der Waals surface area contributed by atoms with Gasteiger partial charge < -0.3 is 15.0 Å². The summed E-state index contributed by atoms with van der Waals surface area (Å²) < 4.78 is 11.9. The van der Waals surface area contributed by atoms with E-state index in [0.717, 1.165) is 12.8 Å². The van der Waals surface area contributed by atoms with Crippen molar-refractivity contribution in [2.24, 2.45) is 5.73 Å². The third kappa shape index (κ3) is 3.76. The van der Waals surface area contributed by atoms with E-state index in [2.05, 4.69) is 52.0 Å². The van der Waals surface area contributed by atoms with Gasteiger partial charge in [-0.2, -0.15) is 0 Å². The Kier molecular flexibility index (Phi) is 5.67. The highest BCUT2D eigenvalue weighted by Crippen LogP contribution is 2.37. The van der Waals surface area contributed by atoms with E-state index in [-0.39, 0.29) is 36.7 Å². The Morgan fingerprint density at radius 3 is 2.05 bits per heavy atom. The van der Waals surface area contributed by atoms with Crippen molar-refractivity contribution in [3.63, 3.8) is 0 Å². The highest BCUT2D eigenvalue weighted by Gasteiger charge is 2.52. The van der Waals surface area contributed by atoms with Gasteiger partial charge in [0.2, 0.25) is 0 Å². The molecule has 0 unspecified atom stereocenters. The lowest BCUT2D eigenvalue weighted by atomic mass is 9.76. The zero-order chi connectivity index (χ0) is 14.1. The van der Waals surface area contributed by atoms with Gasteiger partial charge in [0.05, 0.1) is 11.2 Å². The van der Waals surface area contributed by atoms with E-state index in [1.54, 1.807) is 0 Å². The van der Waals surface area contributed by atoms with Crippen LogP contribution in [0, 0.1) is 0 Å². The molecule has 1 heterocycles. The van der Waals surface area contributed by atoms with Crippen molar-refractivity contribution in [1.82, 2.24) is 0 Å². The van der Waals surface area contributed by atoms with Crippen LogP contribution in [0.1, 0.15) is 39.7 Å². The average molecular weight is 298 g/mol. The SMILES string of the molecule is CC1(C)OB([C@@H](N)CCc2ccccc2)OC1(C)C.Cl. The first-order chi connectivity index (χ1) is 8.82. The molecule has 5 heteroatoms. The number of aryl methyl sites for hydroxylation is 1. The summed E-state index contributed by atoms with van der Waals surface area (Å²) in [5.74, 6) is -0.0961. The van der Waals surface area contributed by atoms with Gasteiger partial charge in [-0.25, -0.2) is 0 Å². The van der Waals surface area contributed by atoms with Gasteiger partial charge in [-0.1, -0.05) is 30.3 Å². The zero-order valence-corrected chi connectivity index (χ0v) is 13.6. The van der Waals surface area contributed by atoms with Crippen molar-refractivity contribution in [3.8, 4) is 0 Å². The predicted molar refractivity (Wildman–Crippen MR) is 86.1 cm³/mol. The molecule has 2 rings (SSSR count). The van der Waals surface area contributed by atoms with Gasteiger partial charge >= 0.3 is 7.12 Å². The molecule has 1 aliphatic heterocycles. The topological polar surface area (TPSA) is 44.5 Å². The van der Waals surface area contributed by atoms with Crippen molar-refractivity contribution in [1.29, 1.82) is 0 Å². The molecule has 20 heavy (non-hydrogen) atoms. The molecule has 1 saturated heterocycles. The molecular weight excluding hydrogens is 272 g/mol. The molecule has 1 atom stereocenters. The summed E-state index contributed by atoms with van der Waals surface area (Å²) in [4.78, 5) is 0. The van der Waals surface area contributed by atoms with Crippen LogP contribution >= 0.6 is 12.4 Å². The second kappa shape index (κ2) is 6.48. The number of benzene rings is 1. The summed E-state index contributed by atoms with van der Waals surface area (Å²) in [5, 5.41) is 0. The summed E-state index contributed by atoms with van der Waals surface area (Å²) in [6, 6.07) is 10.4. The molecule has 1 aromatic rings. The fourth-order valence-corrected chi connectivity index (χ4v) is 2.18. The maximum absolute atomic E-state index is 6.22. The van der Waals surface area contributed by atoms with E-state index in [1.165, 1.54) is 5.56 Å². The number of halogens is 1. The molecule has 1 fully saturated rings. The minimum absolute atomic E-state index is 0. The largest absolute Gasteiger partial charge is 0.475 e. The molecule has 1 aliphatic rings. The molecule has 112 valence electrons. The first-order valence-electron chi connectivity index (χ1n) is 6.97. The van der Waals surface area contributed by atoms with Gasteiger partial charge in [0, 0.05) is 5.94 Å². The minimum atomic E-state index is -0.311. The monoisotopic (exact) mass is 297 g/mol. The van der Waals surface area contributed by atoms with Crippen LogP contribution < -0.4 is 5.73 Å². The first-order valence-corrected chi connectivity index (χ1v) is 6.97. The Bertz CT molecular complexity index is 409. The van der Waals surface area contributed by atoms with E-state index in [1.807, 2.05) is 6.07 Å². The lowest BCUT2D eigenvalue weighted by molar-refractivity contribution is 0.00578. The third-order valence-electron chi connectivity index (χ3n) is 4.23. The van der Waals surface area contributed by atoms with Crippen LogP contribution in [-0.4, -0.2) is 24.3 Å². The molecular formula is C15H25BClNO2. The van der Waals surface area contributed by atoms with Gasteiger partial charge in [0.25, 0.3) is 0 Å². The van der Waals surface area contributed by atoms with E-state index in [4.69, 9.17) is 15.0 Å². The highest BCUT2D eigenvalue weighted by atomic mass is 35.5. The van der Waals surface area contributed by atoms with Crippen molar-refractivity contribution in [2.75, 3.05) is 0 Å². The lowest BCUT2D eigenvalue weighted by Gasteiger charge is -2.32. The normalized spacial score (nSPS) is 21.4. The first kappa shape index (κ1) is 17.5. The van der Waals surface area contributed by atoms with Gasteiger partial charge in [0.15, 0.2) is 0 Å². The smallest absolute Gasteiger partial charge is 0.402 e. The molecule has 2 N–H and O–H groups in total. The molecule has 0 amide bonds. The van der Waals surface area contributed by atoms with Crippen LogP contribution in [0.4, 0.5) is 0 Å². The van der Waals surface area contributed by atoms with E-state index in [9.17, 15) is 0 Å². The second-order valence-electron chi connectivity index (χ2n) is 6.31. The second-order valence-corrected chi connectivity index (χ2v) is 6.31. The lowest BCUT2D eigenvalue weighted by Crippen LogP contribution is -2.41.